The van der Waals surface area contributed by atoms with Crippen molar-refractivity contribution in [1.82, 2.24) is 4.98 Å². The van der Waals surface area contributed by atoms with Crippen LogP contribution in [0.4, 0.5) is 4.39 Å². The summed E-state index contributed by atoms with van der Waals surface area (Å²) in [5.41, 5.74) is 1.82. The molecular formula is C22H18Cl3FN2O2. The number of hydrogen-bond donors (Lipinski definition) is 0. The molecule has 0 atom stereocenters. The normalized spacial score (nSPS) is 14.0. The van der Waals surface area contributed by atoms with Crippen LogP contribution in [-0.4, -0.2) is 17.6 Å². The van der Waals surface area contributed by atoms with E-state index in [0.717, 1.165) is 0 Å². The molecule has 0 aliphatic heterocycles. The van der Waals surface area contributed by atoms with Gasteiger partial charge in [0.15, 0.2) is 5.82 Å². The number of halogens is 4. The largest absolute Gasteiger partial charge is 0.462 e. The van der Waals surface area contributed by atoms with Crippen LogP contribution in [0, 0.1) is 24.1 Å². The number of carbonyl (C=O) groups excluding carboxylic acids is 1. The Balaban J connectivity index is 2.36. The van der Waals surface area contributed by atoms with Gasteiger partial charge in [-0.25, -0.2) is 14.2 Å². The molecule has 0 saturated heterocycles. The zero-order valence-electron chi connectivity index (χ0n) is 16.4. The molecule has 0 N–H and O–H groups in total. The molecule has 0 saturated carbocycles. The molecule has 2 aromatic rings. The molecule has 1 aliphatic rings. The van der Waals surface area contributed by atoms with Gasteiger partial charge in [-0.2, -0.15) is 5.26 Å². The van der Waals surface area contributed by atoms with Gasteiger partial charge >= 0.3 is 5.97 Å². The van der Waals surface area contributed by atoms with Gasteiger partial charge in [-0.3, -0.25) is 0 Å². The lowest BCUT2D eigenvalue weighted by atomic mass is 9.89. The van der Waals surface area contributed by atoms with Crippen LogP contribution < -0.4 is 0 Å². The van der Waals surface area contributed by atoms with E-state index >= 15 is 4.39 Å². The third kappa shape index (κ3) is 4.05. The molecule has 0 amide bonds. The Morgan fingerprint density at radius 1 is 1.37 bits per heavy atom. The molecule has 0 radical (unpaired) electrons. The molecule has 0 bridgehead atoms. The quantitative estimate of drug-likeness (QED) is 0.452. The first kappa shape index (κ1) is 22.6. The predicted molar refractivity (Wildman–Crippen MR) is 117 cm³/mol. The highest BCUT2D eigenvalue weighted by Crippen LogP contribution is 2.42. The zero-order chi connectivity index (χ0) is 22.0. The summed E-state index contributed by atoms with van der Waals surface area (Å²) >= 11 is 19.1. The average molecular weight is 468 g/mol. The number of pyridine rings is 1. The summed E-state index contributed by atoms with van der Waals surface area (Å²) in [5.74, 6) is -1.22. The lowest BCUT2D eigenvalue weighted by molar-refractivity contribution is 0.0525. The van der Waals surface area contributed by atoms with E-state index < -0.39 is 11.8 Å². The van der Waals surface area contributed by atoms with Crippen LogP contribution in [-0.2, 0) is 11.2 Å². The van der Waals surface area contributed by atoms with Crippen molar-refractivity contribution in [1.29, 1.82) is 5.26 Å². The third-order valence-corrected chi connectivity index (χ3v) is 6.16. The van der Waals surface area contributed by atoms with E-state index in [4.69, 9.17) is 44.8 Å². The maximum Gasteiger partial charge on any atom is 0.341 e. The highest BCUT2D eigenvalue weighted by atomic mass is 35.5. The highest BCUT2D eigenvalue weighted by molar-refractivity contribution is 6.46. The van der Waals surface area contributed by atoms with Crippen molar-refractivity contribution in [3.63, 3.8) is 0 Å². The van der Waals surface area contributed by atoms with E-state index in [1.807, 2.05) is 0 Å². The fourth-order valence-corrected chi connectivity index (χ4v) is 4.41. The predicted octanol–water partition coefficient (Wildman–Crippen LogP) is 6.84. The van der Waals surface area contributed by atoms with Gasteiger partial charge in [-0.05, 0) is 50.3 Å². The van der Waals surface area contributed by atoms with Crippen LogP contribution in [0.15, 0.2) is 22.2 Å². The average Bonchev–Trinajstić information content (AvgIpc) is 2.70. The number of nitriles is 1. The number of esters is 1. The highest BCUT2D eigenvalue weighted by Gasteiger charge is 2.26. The third-order valence-electron chi connectivity index (χ3n) is 4.90. The number of ether oxygens (including phenoxy) is 1. The number of benzene rings is 1. The molecule has 1 aliphatic carbocycles. The van der Waals surface area contributed by atoms with Crippen molar-refractivity contribution in [3.8, 4) is 6.07 Å². The van der Waals surface area contributed by atoms with Crippen molar-refractivity contribution in [3.05, 3.63) is 55.4 Å². The number of aryl methyl sites for hydroxylation is 2. The number of aromatic nitrogens is 1. The maximum absolute atomic E-state index is 15.8. The molecular weight excluding hydrogens is 450 g/mol. The summed E-state index contributed by atoms with van der Waals surface area (Å²) < 4.78 is 20.9. The first-order valence-corrected chi connectivity index (χ1v) is 10.5. The van der Waals surface area contributed by atoms with E-state index in [1.165, 1.54) is 0 Å². The van der Waals surface area contributed by atoms with Gasteiger partial charge < -0.3 is 4.74 Å². The Labute approximate surface area is 188 Å². The SMILES string of the molecule is CCOC(=O)c1c(C)nc2c(F)c(C3=C(Cl)C(Cl)=CCC3)c(CCC#N)cc2c1Cl. The van der Waals surface area contributed by atoms with Gasteiger partial charge in [0.25, 0.3) is 0 Å². The van der Waals surface area contributed by atoms with Gasteiger partial charge in [-0.15, -0.1) is 0 Å². The molecule has 1 heterocycles. The van der Waals surface area contributed by atoms with Crippen LogP contribution >= 0.6 is 34.8 Å². The van der Waals surface area contributed by atoms with Crippen LogP contribution in [0.2, 0.25) is 5.02 Å². The van der Waals surface area contributed by atoms with Crippen molar-refractivity contribution in [2.45, 2.75) is 39.5 Å². The number of rotatable bonds is 5. The Bertz CT molecular complexity index is 1150. The molecule has 156 valence electrons. The van der Waals surface area contributed by atoms with E-state index in [2.05, 4.69) is 11.1 Å². The van der Waals surface area contributed by atoms with E-state index in [1.54, 1.807) is 26.0 Å². The Hall–Kier alpha value is -2.13. The van der Waals surface area contributed by atoms with E-state index in [9.17, 15) is 4.79 Å². The molecule has 0 fully saturated rings. The fourth-order valence-electron chi connectivity index (χ4n) is 3.56. The van der Waals surface area contributed by atoms with Crippen molar-refractivity contribution in [2.75, 3.05) is 6.61 Å². The van der Waals surface area contributed by atoms with Crippen molar-refractivity contribution in [2.24, 2.45) is 0 Å². The van der Waals surface area contributed by atoms with Gasteiger partial charge in [0.05, 0.1) is 33.5 Å². The van der Waals surface area contributed by atoms with Gasteiger partial charge in [0, 0.05) is 17.4 Å². The summed E-state index contributed by atoms with van der Waals surface area (Å²) in [6, 6.07) is 3.74. The second kappa shape index (κ2) is 9.34. The molecule has 1 aromatic heterocycles. The minimum atomic E-state index is -0.618. The molecule has 4 nitrogen and oxygen atoms in total. The number of allylic oxidation sites excluding steroid dienone is 4. The summed E-state index contributed by atoms with van der Waals surface area (Å²) in [5, 5.41) is 10.1. The molecule has 3 rings (SSSR count). The number of hydrogen-bond acceptors (Lipinski definition) is 4. The summed E-state index contributed by atoms with van der Waals surface area (Å²) in [6.07, 6.45) is 3.37. The number of carbonyl (C=O) groups is 1. The molecule has 8 heteroatoms. The standard InChI is InChI=1S/C22H18Cl3FN2O2/c1-3-30-22(29)16-11(2)28-21-14(19(16)25)10-12(6-5-9-27)17(20(21)26)13-7-4-8-15(23)18(13)24/h8,10H,3-7H2,1-2H3. The van der Waals surface area contributed by atoms with Crippen LogP contribution in [0.1, 0.15) is 53.4 Å². The smallest absolute Gasteiger partial charge is 0.341 e. The zero-order valence-corrected chi connectivity index (χ0v) is 18.7. The second-order valence-electron chi connectivity index (χ2n) is 6.77. The topological polar surface area (TPSA) is 63.0 Å². The monoisotopic (exact) mass is 466 g/mol. The first-order valence-electron chi connectivity index (χ1n) is 9.42. The van der Waals surface area contributed by atoms with Crippen molar-refractivity contribution < 1.29 is 13.9 Å². The van der Waals surface area contributed by atoms with Crippen molar-refractivity contribution >= 4 is 57.2 Å². The van der Waals surface area contributed by atoms with Crippen LogP contribution in [0.3, 0.4) is 0 Å². The van der Waals surface area contributed by atoms with Gasteiger partial charge in [-0.1, -0.05) is 40.9 Å². The second-order valence-corrected chi connectivity index (χ2v) is 7.93. The minimum absolute atomic E-state index is 0.0314. The Morgan fingerprint density at radius 3 is 2.77 bits per heavy atom. The fraction of sp³-hybridized carbons (Fsp3) is 0.318. The Kier molecular flexibility index (Phi) is 7.02. The van der Waals surface area contributed by atoms with Gasteiger partial charge in [0.2, 0.25) is 0 Å². The lowest BCUT2D eigenvalue weighted by Crippen LogP contribution is -2.11. The Morgan fingerprint density at radius 2 is 2.10 bits per heavy atom. The molecule has 0 unspecified atom stereocenters. The minimum Gasteiger partial charge on any atom is -0.462 e. The number of fused-ring (bicyclic) bond motifs is 1. The summed E-state index contributed by atoms with van der Waals surface area (Å²) in [4.78, 5) is 16.7. The maximum atomic E-state index is 15.8. The molecule has 1 aromatic carbocycles. The number of nitrogens with zero attached hydrogens (tertiary/aromatic N) is 2. The molecule has 0 spiro atoms. The summed E-state index contributed by atoms with van der Waals surface area (Å²) in [7, 11) is 0. The van der Waals surface area contributed by atoms with Crippen LogP contribution in [0.25, 0.3) is 16.5 Å². The van der Waals surface area contributed by atoms with E-state index in [0.29, 0.717) is 34.6 Å². The van der Waals surface area contributed by atoms with Crippen LogP contribution in [0.5, 0.6) is 0 Å². The molecule has 30 heavy (non-hydrogen) atoms. The first-order chi connectivity index (χ1) is 14.3. The summed E-state index contributed by atoms with van der Waals surface area (Å²) in [6.45, 7) is 3.43. The van der Waals surface area contributed by atoms with E-state index in [-0.39, 0.29) is 51.7 Å². The van der Waals surface area contributed by atoms with Gasteiger partial charge in [0.1, 0.15) is 11.1 Å². The lowest BCUT2D eigenvalue weighted by Gasteiger charge is -2.20.